The van der Waals surface area contributed by atoms with E-state index >= 15 is 4.39 Å². The van der Waals surface area contributed by atoms with Crippen molar-refractivity contribution in [1.82, 2.24) is 25.2 Å². The smallest absolute Gasteiger partial charge is 0.407 e. The van der Waals surface area contributed by atoms with Gasteiger partial charge in [-0.15, -0.1) is 0 Å². The minimum Gasteiger partial charge on any atom is -0.497 e. The second-order valence-corrected chi connectivity index (χ2v) is 20.8. The number of aryl methyl sites for hydroxylation is 1. The first kappa shape index (κ1) is 42.6. The predicted molar refractivity (Wildman–Crippen MR) is 218 cm³/mol. The topological polar surface area (TPSA) is 182 Å². The van der Waals surface area contributed by atoms with Gasteiger partial charge in [0.05, 0.1) is 36.2 Å². The van der Waals surface area contributed by atoms with E-state index in [1.165, 1.54) is 12.0 Å². The van der Waals surface area contributed by atoms with E-state index in [2.05, 4.69) is 15.4 Å². The summed E-state index contributed by atoms with van der Waals surface area (Å²) in [5, 5.41) is 6.23. The Labute approximate surface area is 345 Å². The number of sulfonamides is 1. The van der Waals surface area contributed by atoms with E-state index in [4.69, 9.17) is 19.2 Å². The zero-order valence-corrected chi connectivity index (χ0v) is 35.8. The first-order valence-electron chi connectivity index (χ1n) is 21.0. The molecule has 1 saturated heterocycles. The third kappa shape index (κ3) is 8.34. The molecule has 0 bridgehead atoms. The van der Waals surface area contributed by atoms with E-state index < -0.39 is 73.9 Å². The van der Waals surface area contributed by atoms with Gasteiger partial charge in [0.2, 0.25) is 21.8 Å². The van der Waals surface area contributed by atoms with Gasteiger partial charge >= 0.3 is 6.09 Å². The van der Waals surface area contributed by atoms with Crippen molar-refractivity contribution >= 4 is 44.7 Å². The minimum absolute atomic E-state index is 0.101. The van der Waals surface area contributed by atoms with E-state index in [0.717, 1.165) is 12.8 Å². The van der Waals surface area contributed by atoms with E-state index in [-0.39, 0.29) is 50.0 Å². The summed E-state index contributed by atoms with van der Waals surface area (Å²) in [5.41, 5.74) is -1.93. The Morgan fingerprint density at radius 3 is 2.53 bits per heavy atom. The number of fused-ring (bicyclic) bond motifs is 5. The number of benzene rings is 1. The molecule has 3 fully saturated rings. The van der Waals surface area contributed by atoms with Gasteiger partial charge < -0.3 is 29.7 Å². The van der Waals surface area contributed by atoms with Gasteiger partial charge in [0, 0.05) is 29.7 Å². The third-order valence-corrected chi connectivity index (χ3v) is 14.9. The zero-order chi connectivity index (χ0) is 42.5. The van der Waals surface area contributed by atoms with Crippen LogP contribution in [-0.2, 0) is 35.6 Å². The van der Waals surface area contributed by atoms with Crippen molar-refractivity contribution in [3.05, 3.63) is 41.6 Å². The number of hydrogen-bond acceptors (Lipinski definition) is 10. The van der Waals surface area contributed by atoms with Gasteiger partial charge in [-0.1, -0.05) is 52.7 Å². The Balaban J connectivity index is 1.27. The maximum absolute atomic E-state index is 17.0. The van der Waals surface area contributed by atoms with E-state index in [1.54, 1.807) is 25.1 Å². The van der Waals surface area contributed by atoms with Gasteiger partial charge in [0.1, 0.15) is 40.9 Å². The van der Waals surface area contributed by atoms with Crippen LogP contribution in [0.5, 0.6) is 11.5 Å². The number of pyridine rings is 1. The number of amides is 4. The average molecular weight is 840 g/mol. The van der Waals surface area contributed by atoms with Gasteiger partial charge in [-0.2, -0.15) is 0 Å². The van der Waals surface area contributed by atoms with Crippen LogP contribution in [0.25, 0.3) is 10.9 Å². The Morgan fingerprint density at radius 2 is 1.86 bits per heavy atom. The number of alkyl halides is 1. The summed E-state index contributed by atoms with van der Waals surface area (Å²) in [7, 11) is -2.53. The maximum Gasteiger partial charge on any atom is 0.407 e. The lowest BCUT2D eigenvalue weighted by atomic mass is 9.65. The largest absolute Gasteiger partial charge is 0.497 e. The summed E-state index contributed by atoms with van der Waals surface area (Å²) < 4.78 is 62.7. The summed E-state index contributed by atoms with van der Waals surface area (Å²) in [6.07, 6.45) is 6.02. The van der Waals surface area contributed by atoms with E-state index in [9.17, 15) is 27.6 Å². The number of aromatic nitrogens is 1. The molecule has 2 aliphatic carbocycles. The molecule has 7 rings (SSSR count). The van der Waals surface area contributed by atoms with Crippen LogP contribution in [0.15, 0.2) is 30.4 Å². The fraction of sp³-hybridized carbons (Fsp3) is 0.651. The molecule has 5 aliphatic rings. The van der Waals surface area contributed by atoms with Crippen LogP contribution < -0.4 is 24.8 Å². The van der Waals surface area contributed by atoms with Crippen molar-refractivity contribution in [1.29, 1.82) is 0 Å². The van der Waals surface area contributed by atoms with Gasteiger partial charge in [-0.25, -0.2) is 22.6 Å². The second-order valence-electron chi connectivity index (χ2n) is 18.6. The first-order valence-corrected chi connectivity index (χ1v) is 22.4. The highest BCUT2D eigenvalue weighted by Gasteiger charge is 2.60. The number of hydrogen-bond donors (Lipinski definition) is 3. The lowest BCUT2D eigenvalue weighted by molar-refractivity contribution is -0.144. The highest BCUT2D eigenvalue weighted by Crippen LogP contribution is 2.51. The fourth-order valence-electron chi connectivity index (χ4n) is 8.83. The lowest BCUT2D eigenvalue weighted by Gasteiger charge is -2.48. The number of ether oxygens (including phenoxy) is 3. The number of carbonyl (C=O) groups excluding carboxylic acids is 4. The maximum atomic E-state index is 17.0. The number of allylic oxidation sites excluding steroid dienone is 1. The van der Waals surface area contributed by atoms with Crippen molar-refractivity contribution < 1.29 is 46.2 Å². The van der Waals surface area contributed by atoms with Crippen molar-refractivity contribution in [3.63, 3.8) is 0 Å². The first-order chi connectivity index (χ1) is 27.8. The van der Waals surface area contributed by atoms with Crippen LogP contribution in [-0.4, -0.2) is 90.3 Å². The summed E-state index contributed by atoms with van der Waals surface area (Å²) >= 11 is 0. The summed E-state index contributed by atoms with van der Waals surface area (Å²) in [5.74, 6) is -1.85. The van der Waals surface area contributed by atoms with Crippen LogP contribution in [0, 0.1) is 11.3 Å². The van der Waals surface area contributed by atoms with E-state index in [1.807, 2.05) is 39.8 Å². The Bertz CT molecular complexity index is 2150. The molecule has 1 aromatic heterocycles. The molecule has 6 atom stereocenters. The number of carbonyl (C=O) groups is 4. The molecule has 1 aromatic carbocycles. The molecular formula is C43H58FN5O9S. The molecular weight excluding hydrogens is 782 g/mol. The quantitative estimate of drug-likeness (QED) is 0.286. The number of nitrogens with zero attached hydrogens (tertiary/aromatic N) is 2. The Kier molecular flexibility index (Phi) is 11.5. The highest BCUT2D eigenvalue weighted by molar-refractivity contribution is 7.91. The molecule has 3 N–H and O–H groups in total. The molecule has 4 amide bonds. The molecule has 3 aliphatic heterocycles. The minimum atomic E-state index is -4.06. The van der Waals surface area contributed by atoms with Crippen molar-refractivity contribution in [2.24, 2.45) is 11.3 Å². The number of rotatable bonds is 7. The van der Waals surface area contributed by atoms with Gasteiger partial charge in [-0.05, 0) is 81.9 Å². The molecule has 1 spiro atoms. The standard InChI is InChI=1S/C43H58FN5O9S/c1-7-30-35-34(28-21-27(56-6)15-16-31(28)45-30)29(44)22-42(58-35)23-33-36(50)47-43(38(52)48-59(54,55)41(5)19-20-41)18-17-26(43)13-11-9-8-10-12-14-32(37(51)49(33)24-42)46-39(53)57-25-40(2,3)4/h11,13,15-16,21,26,29,32-33H,7-10,12,14,17-20,22-25H2,1-6H3,(H,46,53)(H,47,50)(H,48,52). The number of halogens is 1. The van der Waals surface area contributed by atoms with Crippen molar-refractivity contribution in [2.75, 3.05) is 20.3 Å². The Morgan fingerprint density at radius 1 is 1.10 bits per heavy atom. The summed E-state index contributed by atoms with van der Waals surface area (Å²) in [6.45, 7) is 9.11. The van der Waals surface area contributed by atoms with Crippen LogP contribution in [0.3, 0.4) is 0 Å². The zero-order valence-electron chi connectivity index (χ0n) is 35.0. The highest BCUT2D eigenvalue weighted by atomic mass is 32.2. The number of methoxy groups -OCH3 is 1. The molecule has 14 nitrogen and oxygen atoms in total. The third-order valence-electron chi connectivity index (χ3n) is 12.8. The molecule has 2 saturated carbocycles. The summed E-state index contributed by atoms with van der Waals surface area (Å²) in [4.78, 5) is 63.3. The predicted octanol–water partition coefficient (Wildman–Crippen LogP) is 5.86. The van der Waals surface area contributed by atoms with Crippen molar-refractivity contribution in [3.8, 4) is 11.5 Å². The van der Waals surface area contributed by atoms with Crippen LogP contribution in [0.2, 0.25) is 0 Å². The molecule has 6 unspecified atom stereocenters. The Hall–Kier alpha value is -4.47. The van der Waals surface area contributed by atoms with Crippen LogP contribution >= 0.6 is 0 Å². The van der Waals surface area contributed by atoms with Gasteiger partial charge in [0.25, 0.3) is 5.91 Å². The molecule has 16 heteroatoms. The lowest BCUT2D eigenvalue weighted by Crippen LogP contribution is -2.70. The number of alkyl carbamates (subject to hydrolysis) is 1. The van der Waals surface area contributed by atoms with Crippen LogP contribution in [0.1, 0.15) is 123 Å². The second kappa shape index (κ2) is 15.9. The van der Waals surface area contributed by atoms with Gasteiger partial charge in [-0.3, -0.25) is 19.1 Å². The van der Waals surface area contributed by atoms with Gasteiger partial charge in [0.15, 0.2) is 0 Å². The molecule has 0 radical (unpaired) electrons. The monoisotopic (exact) mass is 839 g/mol. The molecule has 59 heavy (non-hydrogen) atoms. The molecule has 4 heterocycles. The SMILES string of the molecule is CCc1nc2ccc(OC)cc2c2c1OC1(CC2F)CC2C(=O)NC3(C(=O)NS(=O)(=O)C4(C)CC4)CCC3C=CCCCCCC(NC(=O)OCC(C)(C)C)C(=O)N2C1. The number of nitrogens with one attached hydrogen (secondary N) is 3. The average Bonchev–Trinajstić information content (AvgIpc) is 3.84. The fourth-order valence-corrected chi connectivity index (χ4v) is 10.1. The molecule has 2 aromatic rings. The molecule has 322 valence electrons. The van der Waals surface area contributed by atoms with E-state index in [0.29, 0.717) is 66.4 Å². The normalized spacial score (nSPS) is 29.4. The van der Waals surface area contributed by atoms with Crippen molar-refractivity contribution in [2.45, 2.75) is 146 Å². The van der Waals surface area contributed by atoms with Crippen LogP contribution in [0.4, 0.5) is 9.18 Å². The summed E-state index contributed by atoms with van der Waals surface area (Å²) in [6, 6.07) is 2.88.